The van der Waals surface area contributed by atoms with Gasteiger partial charge in [0.15, 0.2) is 0 Å². The molecule has 0 aliphatic rings. The van der Waals surface area contributed by atoms with Crippen LogP contribution in [0.3, 0.4) is 0 Å². The molecule has 9 heteroatoms. The summed E-state index contributed by atoms with van der Waals surface area (Å²) in [5, 5.41) is 6.83. The maximum Gasteiger partial charge on any atom is 0.416 e. The smallest absolute Gasteiger partial charge is 0.327 e. The van der Waals surface area contributed by atoms with Crippen molar-refractivity contribution in [3.05, 3.63) is 41.6 Å². The molecular weight excluding hydrogens is 357 g/mol. The summed E-state index contributed by atoms with van der Waals surface area (Å²) in [6.45, 7) is 5.08. The molecule has 2 atom stereocenters. The van der Waals surface area contributed by atoms with Crippen molar-refractivity contribution in [1.29, 1.82) is 0 Å². The molecule has 2 rings (SSSR count). The predicted molar refractivity (Wildman–Crippen MR) is 92.0 cm³/mol. The Morgan fingerprint density at radius 2 is 1.92 bits per heavy atom. The van der Waals surface area contributed by atoms with E-state index in [2.05, 4.69) is 10.4 Å². The maximum absolute atomic E-state index is 12.9. The van der Waals surface area contributed by atoms with E-state index in [1.807, 2.05) is 0 Å². The Morgan fingerprint density at radius 1 is 1.28 bits per heavy atom. The molecule has 2 aromatic rings. The third-order valence-corrected chi connectivity index (χ3v) is 3.70. The summed E-state index contributed by atoms with van der Waals surface area (Å²) in [6.07, 6.45) is -4.45. The summed E-state index contributed by atoms with van der Waals surface area (Å²) >= 11 is 0. The van der Waals surface area contributed by atoms with Crippen LogP contribution < -0.4 is 11.1 Å². The molecule has 1 amide bonds. The van der Waals surface area contributed by atoms with Gasteiger partial charge in [0, 0.05) is 12.1 Å². The molecular formula is C16H20ClF3N4O. The fourth-order valence-corrected chi connectivity index (χ4v) is 2.08. The zero-order valence-corrected chi connectivity index (χ0v) is 14.8. The van der Waals surface area contributed by atoms with Crippen molar-refractivity contribution < 1.29 is 18.0 Å². The van der Waals surface area contributed by atoms with Crippen molar-refractivity contribution in [2.75, 3.05) is 5.32 Å². The van der Waals surface area contributed by atoms with Gasteiger partial charge in [0.25, 0.3) is 0 Å². The van der Waals surface area contributed by atoms with Crippen LogP contribution in [0.15, 0.2) is 30.3 Å². The Kier molecular flexibility index (Phi) is 6.61. The topological polar surface area (TPSA) is 72.9 Å². The number of carbonyl (C=O) groups is 1. The number of nitrogens with one attached hydrogen (secondary N) is 1. The van der Waals surface area contributed by atoms with Gasteiger partial charge in [-0.1, -0.05) is 13.0 Å². The summed E-state index contributed by atoms with van der Waals surface area (Å²) in [6, 6.07) is 5.99. The Hall–Kier alpha value is -2.06. The molecule has 0 bridgehead atoms. The molecule has 5 nitrogen and oxygen atoms in total. The first-order chi connectivity index (χ1) is 11.1. The predicted octanol–water partition coefficient (Wildman–Crippen LogP) is 3.54. The fourth-order valence-electron chi connectivity index (χ4n) is 2.08. The first-order valence-electron chi connectivity index (χ1n) is 7.40. The van der Waals surface area contributed by atoms with Crippen molar-refractivity contribution in [2.24, 2.45) is 11.7 Å². The summed E-state index contributed by atoms with van der Waals surface area (Å²) < 4.78 is 39.9. The van der Waals surface area contributed by atoms with E-state index in [1.54, 1.807) is 26.8 Å². The monoisotopic (exact) mass is 376 g/mol. The highest BCUT2D eigenvalue weighted by Crippen LogP contribution is 2.31. The van der Waals surface area contributed by atoms with E-state index in [9.17, 15) is 18.0 Å². The third-order valence-electron chi connectivity index (χ3n) is 3.70. The quantitative estimate of drug-likeness (QED) is 0.857. The van der Waals surface area contributed by atoms with Crippen LogP contribution in [0.2, 0.25) is 0 Å². The van der Waals surface area contributed by atoms with E-state index in [-0.39, 0.29) is 30.0 Å². The highest BCUT2D eigenvalue weighted by Gasteiger charge is 2.30. The Labute approximate surface area is 149 Å². The summed E-state index contributed by atoms with van der Waals surface area (Å²) in [5.74, 6) is -0.474. The molecule has 1 aromatic carbocycles. The molecule has 0 saturated heterocycles. The highest BCUT2D eigenvalue weighted by molar-refractivity contribution is 5.92. The molecule has 1 heterocycles. The molecule has 0 saturated carbocycles. The van der Waals surface area contributed by atoms with E-state index in [4.69, 9.17) is 5.73 Å². The number of aromatic nitrogens is 2. The summed E-state index contributed by atoms with van der Waals surface area (Å²) in [4.78, 5) is 12.2. The lowest BCUT2D eigenvalue weighted by Gasteiger charge is -2.16. The molecule has 0 fully saturated rings. The number of benzene rings is 1. The number of carbonyl (C=O) groups excluding carboxylic acids is 1. The van der Waals surface area contributed by atoms with Crippen LogP contribution in [0.1, 0.15) is 25.1 Å². The minimum Gasteiger partial charge on any atom is -0.327 e. The van der Waals surface area contributed by atoms with Crippen LogP contribution in [0.25, 0.3) is 5.69 Å². The molecule has 25 heavy (non-hydrogen) atoms. The number of anilines is 1. The van der Waals surface area contributed by atoms with Crippen LogP contribution in [-0.2, 0) is 11.0 Å². The lowest BCUT2D eigenvalue weighted by atomic mass is 10.0. The number of hydrogen-bond acceptors (Lipinski definition) is 3. The number of nitrogens with zero attached hydrogens (tertiary/aromatic N) is 2. The number of rotatable bonds is 4. The van der Waals surface area contributed by atoms with Crippen molar-refractivity contribution >= 4 is 24.1 Å². The van der Waals surface area contributed by atoms with E-state index in [0.717, 1.165) is 12.1 Å². The molecule has 2 unspecified atom stereocenters. The van der Waals surface area contributed by atoms with E-state index < -0.39 is 17.7 Å². The summed E-state index contributed by atoms with van der Waals surface area (Å²) in [7, 11) is 0. The number of nitrogens with two attached hydrogens (primary N) is 1. The molecule has 0 spiro atoms. The van der Waals surface area contributed by atoms with Gasteiger partial charge in [0.1, 0.15) is 5.82 Å². The van der Waals surface area contributed by atoms with Crippen LogP contribution in [-0.4, -0.2) is 21.7 Å². The zero-order chi connectivity index (χ0) is 18.1. The van der Waals surface area contributed by atoms with Crippen LogP contribution >= 0.6 is 12.4 Å². The standard InChI is InChI=1S/C16H19F3N4O.ClH/c1-9-7-14(21-15(24)10(2)11(3)20)23(22-9)13-6-4-5-12(8-13)16(17,18)19;/h4-8,10-11H,20H2,1-3H3,(H,21,24);1H. The third kappa shape index (κ3) is 4.96. The average Bonchev–Trinajstić information content (AvgIpc) is 2.86. The van der Waals surface area contributed by atoms with Gasteiger partial charge in [-0.05, 0) is 32.0 Å². The highest BCUT2D eigenvalue weighted by atomic mass is 35.5. The number of amides is 1. The first-order valence-corrected chi connectivity index (χ1v) is 7.40. The van der Waals surface area contributed by atoms with Crippen molar-refractivity contribution in [3.8, 4) is 5.69 Å². The molecule has 0 aliphatic heterocycles. The lowest BCUT2D eigenvalue weighted by molar-refractivity contribution is -0.137. The van der Waals surface area contributed by atoms with E-state index in [1.165, 1.54) is 16.8 Å². The van der Waals surface area contributed by atoms with Crippen LogP contribution in [0.5, 0.6) is 0 Å². The van der Waals surface area contributed by atoms with Gasteiger partial charge < -0.3 is 11.1 Å². The van der Waals surface area contributed by atoms with E-state index in [0.29, 0.717) is 11.5 Å². The first kappa shape index (κ1) is 21.0. The molecule has 0 aliphatic carbocycles. The zero-order valence-electron chi connectivity index (χ0n) is 14.0. The van der Waals surface area contributed by atoms with Gasteiger partial charge in [0.2, 0.25) is 5.91 Å². The second-order valence-corrected chi connectivity index (χ2v) is 5.77. The minimum atomic E-state index is -4.45. The Balaban J connectivity index is 0.00000312. The van der Waals surface area contributed by atoms with Gasteiger partial charge in [-0.15, -0.1) is 12.4 Å². The number of halogens is 4. The number of aryl methyl sites for hydroxylation is 1. The fraction of sp³-hybridized carbons (Fsp3) is 0.375. The minimum absolute atomic E-state index is 0. The van der Waals surface area contributed by atoms with Gasteiger partial charge in [0.05, 0.1) is 22.9 Å². The Bertz CT molecular complexity index is 743. The normalized spacial score (nSPS) is 13.7. The second kappa shape index (κ2) is 7.88. The maximum atomic E-state index is 12.9. The average molecular weight is 377 g/mol. The van der Waals surface area contributed by atoms with Gasteiger partial charge in [-0.2, -0.15) is 18.3 Å². The molecule has 138 valence electrons. The van der Waals surface area contributed by atoms with Gasteiger partial charge in [-0.25, -0.2) is 4.68 Å². The number of hydrogen-bond donors (Lipinski definition) is 2. The van der Waals surface area contributed by atoms with Gasteiger partial charge >= 0.3 is 6.18 Å². The largest absolute Gasteiger partial charge is 0.416 e. The molecule has 0 radical (unpaired) electrons. The van der Waals surface area contributed by atoms with Gasteiger partial charge in [-0.3, -0.25) is 4.79 Å². The van der Waals surface area contributed by atoms with Crippen molar-refractivity contribution in [3.63, 3.8) is 0 Å². The summed E-state index contributed by atoms with van der Waals surface area (Å²) in [5.41, 5.74) is 5.70. The Morgan fingerprint density at radius 3 is 2.48 bits per heavy atom. The molecule has 1 aromatic heterocycles. The van der Waals surface area contributed by atoms with Crippen molar-refractivity contribution in [2.45, 2.75) is 33.0 Å². The van der Waals surface area contributed by atoms with Crippen LogP contribution in [0, 0.1) is 12.8 Å². The molecule has 3 N–H and O–H groups in total. The second-order valence-electron chi connectivity index (χ2n) is 5.77. The lowest BCUT2D eigenvalue weighted by Crippen LogP contribution is -2.34. The van der Waals surface area contributed by atoms with Crippen LogP contribution in [0.4, 0.5) is 19.0 Å². The van der Waals surface area contributed by atoms with E-state index >= 15 is 0 Å². The van der Waals surface area contributed by atoms with Crippen molar-refractivity contribution in [1.82, 2.24) is 9.78 Å². The SMILES string of the molecule is Cc1cc(NC(=O)C(C)C(C)N)n(-c2cccc(C(F)(F)F)c2)n1.Cl. The number of alkyl halides is 3.